The van der Waals surface area contributed by atoms with Gasteiger partial charge in [-0.1, -0.05) is 26.2 Å². The Morgan fingerprint density at radius 1 is 1.07 bits per heavy atom. The highest BCUT2D eigenvalue weighted by Crippen LogP contribution is 2.25. The van der Waals surface area contributed by atoms with Crippen molar-refractivity contribution in [1.29, 1.82) is 0 Å². The summed E-state index contributed by atoms with van der Waals surface area (Å²) in [6, 6.07) is 1.74. The van der Waals surface area contributed by atoms with Crippen LogP contribution in [0, 0.1) is 0 Å². The normalized spacial score (nSPS) is 30.0. The molecule has 1 unspecified atom stereocenters. The Morgan fingerprint density at radius 3 is 2.43 bits per heavy atom. The summed E-state index contributed by atoms with van der Waals surface area (Å²) in [5.41, 5.74) is 0. The maximum atomic E-state index is 3.48. The molecule has 0 radical (unpaired) electrons. The van der Waals surface area contributed by atoms with Gasteiger partial charge in [-0.05, 0) is 32.4 Å². The molecule has 0 aromatic heterocycles. The van der Waals surface area contributed by atoms with E-state index in [-0.39, 0.29) is 0 Å². The smallest absolute Gasteiger partial charge is 0.0235 e. The van der Waals surface area contributed by atoms with Gasteiger partial charge in [-0.2, -0.15) is 0 Å². The Morgan fingerprint density at radius 2 is 1.86 bits per heavy atom. The molecular formula is C12H24N2. The predicted octanol–water partition coefficient (Wildman–Crippen LogP) is 2.00. The minimum Gasteiger partial charge on any atom is -0.315 e. The lowest BCUT2D eigenvalue weighted by Crippen LogP contribution is -2.45. The Bertz CT molecular complexity index is 158. The van der Waals surface area contributed by atoms with Crippen LogP contribution in [-0.2, 0) is 0 Å². The minimum atomic E-state index is 0.836. The van der Waals surface area contributed by atoms with Crippen molar-refractivity contribution in [1.82, 2.24) is 10.2 Å². The van der Waals surface area contributed by atoms with E-state index < -0.39 is 0 Å². The second kappa shape index (κ2) is 5.13. The summed E-state index contributed by atoms with van der Waals surface area (Å²) < 4.78 is 0. The van der Waals surface area contributed by atoms with Gasteiger partial charge >= 0.3 is 0 Å². The molecular weight excluding hydrogens is 172 g/mol. The standard InChI is InChI=1S/C12H24N2/c1-2-14(12-8-9-13-10-12)11-6-4-3-5-7-11/h11-13H,2-10H2,1H3. The highest BCUT2D eigenvalue weighted by atomic mass is 15.2. The minimum absolute atomic E-state index is 0.836. The Hall–Kier alpha value is -0.0800. The molecule has 14 heavy (non-hydrogen) atoms. The SMILES string of the molecule is CCN(C1CCCCC1)C1CCNC1. The van der Waals surface area contributed by atoms with Gasteiger partial charge in [-0.15, -0.1) is 0 Å². The fourth-order valence-electron chi connectivity index (χ4n) is 3.15. The van der Waals surface area contributed by atoms with E-state index in [0.717, 1.165) is 12.1 Å². The zero-order chi connectivity index (χ0) is 9.80. The average Bonchev–Trinajstić information content (AvgIpc) is 2.74. The first-order valence-corrected chi connectivity index (χ1v) is 6.38. The molecule has 1 N–H and O–H groups in total. The van der Waals surface area contributed by atoms with Crippen LogP contribution in [0.2, 0.25) is 0 Å². The lowest BCUT2D eigenvalue weighted by Gasteiger charge is -2.37. The Kier molecular flexibility index (Phi) is 3.82. The predicted molar refractivity (Wildman–Crippen MR) is 60.5 cm³/mol. The van der Waals surface area contributed by atoms with Crippen molar-refractivity contribution in [2.45, 2.75) is 57.5 Å². The van der Waals surface area contributed by atoms with Crippen LogP contribution in [0.15, 0.2) is 0 Å². The van der Waals surface area contributed by atoms with Crippen LogP contribution in [0.5, 0.6) is 0 Å². The molecule has 2 aliphatic rings. The zero-order valence-electron chi connectivity index (χ0n) is 9.47. The van der Waals surface area contributed by atoms with Crippen LogP contribution in [0.3, 0.4) is 0 Å². The first-order valence-electron chi connectivity index (χ1n) is 6.38. The summed E-state index contributed by atoms with van der Waals surface area (Å²) in [4.78, 5) is 2.76. The third-order valence-electron chi connectivity index (χ3n) is 3.91. The van der Waals surface area contributed by atoms with Crippen LogP contribution in [-0.4, -0.2) is 36.6 Å². The molecule has 2 nitrogen and oxygen atoms in total. The summed E-state index contributed by atoms with van der Waals surface area (Å²) in [7, 11) is 0. The lowest BCUT2D eigenvalue weighted by molar-refractivity contribution is 0.119. The van der Waals surface area contributed by atoms with Gasteiger partial charge in [0.05, 0.1) is 0 Å². The summed E-state index contributed by atoms with van der Waals surface area (Å²) >= 11 is 0. The van der Waals surface area contributed by atoms with E-state index in [9.17, 15) is 0 Å². The molecule has 2 heteroatoms. The summed E-state index contributed by atoms with van der Waals surface area (Å²) in [6.45, 7) is 6.03. The molecule has 0 aromatic rings. The number of hydrogen-bond acceptors (Lipinski definition) is 2. The van der Waals surface area contributed by atoms with E-state index in [2.05, 4.69) is 17.1 Å². The second-order valence-corrected chi connectivity index (χ2v) is 4.77. The van der Waals surface area contributed by atoms with Crippen LogP contribution in [0.25, 0.3) is 0 Å². The van der Waals surface area contributed by atoms with Gasteiger partial charge < -0.3 is 5.32 Å². The van der Waals surface area contributed by atoms with Gasteiger partial charge in [0.2, 0.25) is 0 Å². The largest absolute Gasteiger partial charge is 0.315 e. The number of nitrogens with zero attached hydrogens (tertiary/aromatic N) is 1. The van der Waals surface area contributed by atoms with Gasteiger partial charge in [0.1, 0.15) is 0 Å². The van der Waals surface area contributed by atoms with E-state index in [4.69, 9.17) is 0 Å². The quantitative estimate of drug-likeness (QED) is 0.743. The highest BCUT2D eigenvalue weighted by molar-refractivity contribution is 4.85. The molecule has 1 aliphatic carbocycles. The molecule has 0 spiro atoms. The summed E-state index contributed by atoms with van der Waals surface area (Å²) in [6.07, 6.45) is 8.65. The Balaban J connectivity index is 1.89. The van der Waals surface area contributed by atoms with E-state index in [1.54, 1.807) is 0 Å². The van der Waals surface area contributed by atoms with Crippen molar-refractivity contribution in [3.63, 3.8) is 0 Å². The number of hydrogen-bond donors (Lipinski definition) is 1. The van der Waals surface area contributed by atoms with Crippen LogP contribution in [0.1, 0.15) is 45.4 Å². The van der Waals surface area contributed by atoms with Crippen molar-refractivity contribution < 1.29 is 0 Å². The van der Waals surface area contributed by atoms with E-state index in [0.29, 0.717) is 0 Å². The molecule has 2 rings (SSSR count). The molecule has 1 aliphatic heterocycles. The van der Waals surface area contributed by atoms with Gasteiger partial charge in [0, 0.05) is 18.6 Å². The summed E-state index contributed by atoms with van der Waals surface area (Å²) in [5, 5.41) is 3.48. The maximum Gasteiger partial charge on any atom is 0.0235 e. The van der Waals surface area contributed by atoms with Crippen molar-refractivity contribution in [3.05, 3.63) is 0 Å². The fourth-order valence-corrected chi connectivity index (χ4v) is 3.15. The van der Waals surface area contributed by atoms with Crippen LogP contribution < -0.4 is 5.32 Å². The zero-order valence-corrected chi connectivity index (χ0v) is 9.47. The topological polar surface area (TPSA) is 15.3 Å². The second-order valence-electron chi connectivity index (χ2n) is 4.77. The van der Waals surface area contributed by atoms with Crippen molar-refractivity contribution in [2.75, 3.05) is 19.6 Å². The van der Waals surface area contributed by atoms with Gasteiger partial charge in [0.15, 0.2) is 0 Å². The summed E-state index contributed by atoms with van der Waals surface area (Å²) in [5.74, 6) is 0. The third-order valence-corrected chi connectivity index (χ3v) is 3.91. The molecule has 0 amide bonds. The Labute approximate surface area is 88.1 Å². The number of likely N-dealkylation sites (N-methyl/N-ethyl adjacent to an activating group) is 1. The van der Waals surface area contributed by atoms with Gasteiger partial charge in [0.25, 0.3) is 0 Å². The molecule has 82 valence electrons. The molecule has 0 aromatic carbocycles. The molecule has 2 fully saturated rings. The number of rotatable bonds is 3. The first-order chi connectivity index (χ1) is 6.92. The fraction of sp³-hybridized carbons (Fsp3) is 1.00. The molecule has 1 atom stereocenters. The van der Waals surface area contributed by atoms with Crippen LogP contribution >= 0.6 is 0 Å². The van der Waals surface area contributed by atoms with E-state index in [1.165, 1.54) is 58.2 Å². The molecule has 1 saturated carbocycles. The molecule has 1 heterocycles. The van der Waals surface area contributed by atoms with Gasteiger partial charge in [-0.3, -0.25) is 4.90 Å². The third kappa shape index (κ3) is 2.29. The number of nitrogens with one attached hydrogen (secondary N) is 1. The average molecular weight is 196 g/mol. The van der Waals surface area contributed by atoms with Crippen molar-refractivity contribution in [3.8, 4) is 0 Å². The van der Waals surface area contributed by atoms with E-state index in [1.807, 2.05) is 0 Å². The van der Waals surface area contributed by atoms with Crippen LogP contribution in [0.4, 0.5) is 0 Å². The lowest BCUT2D eigenvalue weighted by atomic mass is 9.93. The van der Waals surface area contributed by atoms with E-state index >= 15 is 0 Å². The van der Waals surface area contributed by atoms with Crippen molar-refractivity contribution >= 4 is 0 Å². The monoisotopic (exact) mass is 196 g/mol. The first kappa shape index (κ1) is 10.4. The van der Waals surface area contributed by atoms with Gasteiger partial charge in [-0.25, -0.2) is 0 Å². The molecule has 0 bridgehead atoms. The van der Waals surface area contributed by atoms with Crippen molar-refractivity contribution in [2.24, 2.45) is 0 Å². The molecule has 1 saturated heterocycles. The highest BCUT2D eigenvalue weighted by Gasteiger charge is 2.27. The maximum absolute atomic E-state index is 3.48.